The summed E-state index contributed by atoms with van der Waals surface area (Å²) in [7, 11) is 2.14. The molecule has 3 aromatic carbocycles. The van der Waals surface area contributed by atoms with Gasteiger partial charge in [-0.2, -0.15) is 4.98 Å². The van der Waals surface area contributed by atoms with E-state index in [1.54, 1.807) is 0 Å². The highest BCUT2D eigenvalue weighted by atomic mass is 16.5. The first-order valence-electron chi connectivity index (χ1n) is 8.45. The van der Waals surface area contributed by atoms with E-state index in [-0.39, 0.29) is 0 Å². The number of quaternary nitrogens is 1. The largest absolute Gasteiger partial charge is 0.333 e. The molecule has 0 radical (unpaired) electrons. The molecule has 0 spiro atoms. The molecule has 0 aliphatic carbocycles. The quantitative estimate of drug-likeness (QED) is 0.611. The third-order valence-corrected chi connectivity index (χ3v) is 4.27. The zero-order valence-corrected chi connectivity index (χ0v) is 14.1. The lowest BCUT2D eigenvalue weighted by Gasteiger charge is -2.12. The topological polar surface area (TPSA) is 43.4 Å². The van der Waals surface area contributed by atoms with Crippen molar-refractivity contribution in [3.05, 3.63) is 84.3 Å². The normalized spacial score (nSPS) is 12.4. The van der Waals surface area contributed by atoms with E-state index in [1.165, 1.54) is 21.2 Å². The number of fused-ring (bicyclic) bond motifs is 1. The average molecular weight is 330 g/mol. The zero-order valence-electron chi connectivity index (χ0n) is 14.1. The first-order valence-corrected chi connectivity index (χ1v) is 8.45. The fraction of sp³-hybridized carbons (Fsp3) is 0.143. The molecule has 4 rings (SSSR count). The molecular formula is C21H20N3O+. The maximum absolute atomic E-state index is 5.42. The second kappa shape index (κ2) is 6.87. The number of hydrogen-bond acceptors (Lipinski definition) is 3. The molecule has 0 fully saturated rings. The molecule has 0 amide bonds. The smallest absolute Gasteiger partial charge is 0.282 e. The highest BCUT2D eigenvalue weighted by molar-refractivity contribution is 5.82. The standard InChI is InChI=1S/C21H19N3O/c1-24(14-16-11-12-17-7-5-6-10-19(17)13-16)15-20-22-21(23-25-20)18-8-3-2-4-9-18/h2-13H,14-15H2,1H3/p+1. The van der Waals surface area contributed by atoms with Gasteiger partial charge in [-0.25, -0.2) is 0 Å². The lowest BCUT2D eigenvalue weighted by molar-refractivity contribution is -0.909. The average Bonchev–Trinajstić information content (AvgIpc) is 3.10. The van der Waals surface area contributed by atoms with Crippen LogP contribution in [-0.2, 0) is 13.1 Å². The van der Waals surface area contributed by atoms with E-state index in [4.69, 9.17) is 4.52 Å². The van der Waals surface area contributed by atoms with Gasteiger partial charge in [0.05, 0.1) is 7.05 Å². The summed E-state index contributed by atoms with van der Waals surface area (Å²) in [5.74, 6) is 1.31. The summed E-state index contributed by atoms with van der Waals surface area (Å²) in [5.41, 5.74) is 2.28. The maximum atomic E-state index is 5.42. The maximum Gasteiger partial charge on any atom is 0.282 e. The lowest BCUT2D eigenvalue weighted by atomic mass is 10.1. The lowest BCUT2D eigenvalue weighted by Crippen LogP contribution is -3.06. The van der Waals surface area contributed by atoms with Crippen molar-refractivity contribution in [1.82, 2.24) is 10.1 Å². The molecule has 0 saturated carbocycles. The van der Waals surface area contributed by atoms with Gasteiger partial charge in [0, 0.05) is 11.1 Å². The molecule has 4 nitrogen and oxygen atoms in total. The minimum atomic E-state index is 0.647. The van der Waals surface area contributed by atoms with Crippen LogP contribution >= 0.6 is 0 Å². The first kappa shape index (κ1) is 15.5. The molecule has 1 atom stereocenters. The van der Waals surface area contributed by atoms with E-state index < -0.39 is 0 Å². The van der Waals surface area contributed by atoms with Gasteiger partial charge in [0.15, 0.2) is 6.54 Å². The van der Waals surface area contributed by atoms with Gasteiger partial charge in [-0.15, -0.1) is 0 Å². The second-order valence-corrected chi connectivity index (χ2v) is 6.37. The predicted molar refractivity (Wildman–Crippen MR) is 98.0 cm³/mol. The van der Waals surface area contributed by atoms with Crippen LogP contribution in [0.1, 0.15) is 11.5 Å². The molecule has 0 aliphatic rings. The van der Waals surface area contributed by atoms with E-state index >= 15 is 0 Å². The Morgan fingerprint density at radius 1 is 0.840 bits per heavy atom. The Labute approximate surface area is 146 Å². The third kappa shape index (κ3) is 3.59. The van der Waals surface area contributed by atoms with Crippen LogP contribution in [0, 0.1) is 0 Å². The van der Waals surface area contributed by atoms with Gasteiger partial charge in [0.25, 0.3) is 5.89 Å². The molecule has 1 heterocycles. The van der Waals surface area contributed by atoms with Gasteiger partial charge in [0.2, 0.25) is 5.82 Å². The fourth-order valence-electron chi connectivity index (χ4n) is 3.05. The molecule has 0 bridgehead atoms. The third-order valence-electron chi connectivity index (χ3n) is 4.27. The van der Waals surface area contributed by atoms with Gasteiger partial charge >= 0.3 is 0 Å². The Morgan fingerprint density at radius 3 is 2.44 bits per heavy atom. The van der Waals surface area contributed by atoms with E-state index in [0.717, 1.165) is 12.1 Å². The van der Waals surface area contributed by atoms with Crippen molar-refractivity contribution in [3.8, 4) is 11.4 Å². The summed E-state index contributed by atoms with van der Waals surface area (Å²) in [6.07, 6.45) is 0. The van der Waals surface area contributed by atoms with E-state index in [1.807, 2.05) is 30.3 Å². The zero-order chi connectivity index (χ0) is 17.1. The Balaban J connectivity index is 1.45. The van der Waals surface area contributed by atoms with Crippen LogP contribution in [-0.4, -0.2) is 17.2 Å². The van der Waals surface area contributed by atoms with Crippen molar-refractivity contribution in [1.29, 1.82) is 0 Å². The SMILES string of the molecule is C[NH+](Cc1ccc2ccccc2c1)Cc1nc(-c2ccccc2)no1. The van der Waals surface area contributed by atoms with Crippen molar-refractivity contribution in [3.63, 3.8) is 0 Å². The molecule has 4 heteroatoms. The fourth-order valence-corrected chi connectivity index (χ4v) is 3.05. The van der Waals surface area contributed by atoms with Gasteiger partial charge in [0.1, 0.15) is 6.54 Å². The van der Waals surface area contributed by atoms with Crippen LogP contribution in [0.2, 0.25) is 0 Å². The number of rotatable bonds is 5. The molecule has 4 aromatic rings. The number of hydrogen-bond donors (Lipinski definition) is 1. The number of aromatic nitrogens is 2. The van der Waals surface area contributed by atoms with Crippen molar-refractivity contribution in [2.75, 3.05) is 7.05 Å². The summed E-state index contributed by atoms with van der Waals surface area (Å²) >= 11 is 0. The van der Waals surface area contributed by atoms with Crippen LogP contribution in [0.15, 0.2) is 77.3 Å². The van der Waals surface area contributed by atoms with Crippen LogP contribution in [0.5, 0.6) is 0 Å². The summed E-state index contributed by atoms with van der Waals surface area (Å²) in [5, 5.41) is 6.63. The van der Waals surface area contributed by atoms with Crippen LogP contribution in [0.25, 0.3) is 22.2 Å². The summed E-state index contributed by atoms with van der Waals surface area (Å²) in [6.45, 7) is 1.61. The number of nitrogens with one attached hydrogen (secondary N) is 1. The first-order chi connectivity index (χ1) is 12.3. The molecular weight excluding hydrogens is 310 g/mol. The van der Waals surface area contributed by atoms with Crippen molar-refractivity contribution >= 4 is 10.8 Å². The summed E-state index contributed by atoms with van der Waals surface area (Å²) in [6, 6.07) is 25.0. The van der Waals surface area contributed by atoms with Crippen molar-refractivity contribution in [2.24, 2.45) is 0 Å². The van der Waals surface area contributed by atoms with E-state index in [0.29, 0.717) is 18.3 Å². The summed E-state index contributed by atoms with van der Waals surface area (Å²) < 4.78 is 5.42. The highest BCUT2D eigenvalue weighted by Crippen LogP contribution is 2.16. The van der Waals surface area contributed by atoms with Gasteiger partial charge in [-0.1, -0.05) is 71.9 Å². The number of nitrogens with zero attached hydrogens (tertiary/aromatic N) is 2. The van der Waals surface area contributed by atoms with Crippen molar-refractivity contribution < 1.29 is 9.42 Å². The highest BCUT2D eigenvalue weighted by Gasteiger charge is 2.13. The Kier molecular flexibility index (Phi) is 4.27. The van der Waals surface area contributed by atoms with Crippen LogP contribution in [0.4, 0.5) is 0 Å². The van der Waals surface area contributed by atoms with Crippen molar-refractivity contribution in [2.45, 2.75) is 13.1 Å². The Bertz CT molecular complexity index is 979. The second-order valence-electron chi connectivity index (χ2n) is 6.37. The monoisotopic (exact) mass is 330 g/mol. The Hall–Kier alpha value is -2.98. The molecule has 1 N–H and O–H groups in total. The molecule has 124 valence electrons. The molecule has 25 heavy (non-hydrogen) atoms. The molecule has 0 saturated heterocycles. The molecule has 1 unspecified atom stereocenters. The van der Waals surface area contributed by atoms with Gasteiger partial charge in [-0.3, -0.25) is 0 Å². The number of benzene rings is 3. The van der Waals surface area contributed by atoms with Crippen LogP contribution < -0.4 is 4.90 Å². The Morgan fingerprint density at radius 2 is 1.60 bits per heavy atom. The van der Waals surface area contributed by atoms with E-state index in [9.17, 15) is 0 Å². The predicted octanol–water partition coefficient (Wildman–Crippen LogP) is 3.10. The molecule has 0 aliphatic heterocycles. The van der Waals surface area contributed by atoms with Gasteiger partial charge in [-0.05, 0) is 16.8 Å². The molecule has 1 aromatic heterocycles. The minimum absolute atomic E-state index is 0.647. The van der Waals surface area contributed by atoms with Gasteiger partial charge < -0.3 is 9.42 Å². The summed E-state index contributed by atoms with van der Waals surface area (Å²) in [4.78, 5) is 5.82. The minimum Gasteiger partial charge on any atom is -0.333 e. The van der Waals surface area contributed by atoms with E-state index in [2.05, 4.69) is 59.7 Å². The van der Waals surface area contributed by atoms with Crippen LogP contribution in [0.3, 0.4) is 0 Å².